The number of aromatic nitrogens is 4. The molecule has 5 unspecified atom stereocenters. The number of carbonyl (C=O) groups excluding carboxylic acids is 3. The van der Waals surface area contributed by atoms with E-state index < -0.39 is 59.6 Å². The van der Waals surface area contributed by atoms with Crippen molar-refractivity contribution in [3.05, 3.63) is 45.5 Å². The van der Waals surface area contributed by atoms with Gasteiger partial charge in [0.2, 0.25) is 0 Å². The molecule has 42 heavy (non-hydrogen) atoms. The van der Waals surface area contributed by atoms with Crippen molar-refractivity contribution in [1.82, 2.24) is 20.0 Å². The first-order valence-electron chi connectivity index (χ1n) is 11.9. The van der Waals surface area contributed by atoms with Gasteiger partial charge in [0.15, 0.2) is 17.9 Å². The second-order valence-corrected chi connectivity index (χ2v) is 11.6. The molecule has 0 amide bonds. The van der Waals surface area contributed by atoms with Crippen LogP contribution in [0.2, 0.25) is 10.0 Å². The average Bonchev–Trinajstić information content (AvgIpc) is 3.56. The average molecular weight is 669 g/mol. The lowest BCUT2D eigenvalue weighted by Crippen LogP contribution is -2.57. The van der Waals surface area contributed by atoms with Gasteiger partial charge in [-0.05, 0) is 18.2 Å². The zero-order valence-corrected chi connectivity index (χ0v) is 25.0. The number of thioether (sulfide) groups is 1. The molecule has 1 aromatic carbocycles. The van der Waals surface area contributed by atoms with Gasteiger partial charge in [0.25, 0.3) is 0 Å². The lowest BCUT2D eigenvalue weighted by atomic mass is 9.96. The predicted octanol–water partition coefficient (Wildman–Crippen LogP) is 5.21. The van der Waals surface area contributed by atoms with Gasteiger partial charge in [-0.1, -0.05) is 40.2 Å². The van der Waals surface area contributed by atoms with Gasteiger partial charge in [-0.3, -0.25) is 14.4 Å². The highest BCUT2D eigenvalue weighted by Crippen LogP contribution is 2.42. The normalized spacial score (nSPS) is 22.4. The molecule has 1 saturated heterocycles. The van der Waals surface area contributed by atoms with Crippen molar-refractivity contribution in [1.29, 1.82) is 0 Å². The Kier molecular flexibility index (Phi) is 10.0. The van der Waals surface area contributed by atoms with E-state index in [-0.39, 0.29) is 22.3 Å². The number of alkyl halides is 3. The first-order chi connectivity index (χ1) is 19.7. The summed E-state index contributed by atoms with van der Waals surface area (Å²) in [6.45, 7) is 3.11. The van der Waals surface area contributed by atoms with Crippen LogP contribution in [-0.4, -0.2) is 68.2 Å². The maximum absolute atomic E-state index is 13.1. The monoisotopic (exact) mass is 668 g/mol. The molecule has 5 atom stereocenters. The third-order valence-corrected chi connectivity index (χ3v) is 8.39. The highest BCUT2D eigenvalue weighted by molar-refractivity contribution is 7.99. The van der Waals surface area contributed by atoms with Crippen LogP contribution >= 0.6 is 46.3 Å². The summed E-state index contributed by atoms with van der Waals surface area (Å²) in [5.41, 5.74) is -2.14. The SMILES string of the molecule is CC(=O)OCC1OC(Sc2ccc(Cl)c(Cl)c2)C(OC(C)=O)C(n2cc(-c3nc(C(F)(F)F)cs3)nn2)C1OC(C)=O. The smallest absolute Gasteiger partial charge is 0.434 e. The summed E-state index contributed by atoms with van der Waals surface area (Å²) in [5, 5.41) is 9.33. The van der Waals surface area contributed by atoms with Crippen LogP contribution in [0.3, 0.4) is 0 Å². The number of benzene rings is 1. The molecule has 1 aliphatic rings. The molecule has 0 spiro atoms. The highest BCUT2D eigenvalue weighted by atomic mass is 35.5. The van der Waals surface area contributed by atoms with Crippen molar-refractivity contribution >= 4 is 64.2 Å². The summed E-state index contributed by atoms with van der Waals surface area (Å²) in [6.07, 6.45) is -6.94. The molecule has 1 fully saturated rings. The Morgan fingerprint density at radius 2 is 1.76 bits per heavy atom. The largest absolute Gasteiger partial charge is 0.463 e. The van der Waals surface area contributed by atoms with Crippen LogP contribution in [0.5, 0.6) is 0 Å². The molecule has 0 saturated carbocycles. The van der Waals surface area contributed by atoms with E-state index in [0.717, 1.165) is 31.0 Å². The minimum atomic E-state index is -4.66. The molecule has 2 aromatic heterocycles. The summed E-state index contributed by atoms with van der Waals surface area (Å²) in [5.74, 6) is -2.10. The minimum absolute atomic E-state index is 0.0182. The number of carbonyl (C=O) groups is 3. The summed E-state index contributed by atoms with van der Waals surface area (Å²) >= 11 is 14.0. The minimum Gasteiger partial charge on any atom is -0.463 e. The molecule has 0 bridgehead atoms. The Labute approximate surface area is 254 Å². The van der Waals surface area contributed by atoms with E-state index in [2.05, 4.69) is 15.3 Å². The van der Waals surface area contributed by atoms with E-state index in [1.807, 2.05) is 0 Å². The molecule has 0 radical (unpaired) electrons. The molecule has 1 aliphatic heterocycles. The summed E-state index contributed by atoms with van der Waals surface area (Å²) < 4.78 is 63.2. The first kappa shape index (κ1) is 32.0. The van der Waals surface area contributed by atoms with Crippen LogP contribution in [0, 0.1) is 0 Å². The van der Waals surface area contributed by atoms with Crippen molar-refractivity contribution < 1.29 is 46.5 Å². The fourth-order valence-corrected chi connectivity index (χ4v) is 6.29. The number of thiazole rings is 1. The molecule has 3 aromatic rings. The second-order valence-electron chi connectivity index (χ2n) is 8.80. The van der Waals surface area contributed by atoms with Crippen LogP contribution in [0.25, 0.3) is 10.7 Å². The van der Waals surface area contributed by atoms with Crippen molar-refractivity contribution in [3.63, 3.8) is 0 Å². The van der Waals surface area contributed by atoms with Crippen molar-refractivity contribution in [2.24, 2.45) is 0 Å². The van der Waals surface area contributed by atoms with Crippen LogP contribution in [-0.2, 0) is 39.5 Å². The van der Waals surface area contributed by atoms with E-state index >= 15 is 0 Å². The maximum atomic E-state index is 13.1. The van der Waals surface area contributed by atoms with Crippen LogP contribution in [0.1, 0.15) is 32.5 Å². The van der Waals surface area contributed by atoms with E-state index in [0.29, 0.717) is 21.3 Å². The van der Waals surface area contributed by atoms with Crippen molar-refractivity contribution in [3.8, 4) is 10.7 Å². The van der Waals surface area contributed by atoms with Gasteiger partial charge in [-0.2, -0.15) is 13.2 Å². The van der Waals surface area contributed by atoms with Gasteiger partial charge < -0.3 is 18.9 Å². The van der Waals surface area contributed by atoms with E-state index in [9.17, 15) is 27.6 Å². The molecule has 11 nitrogen and oxygen atoms in total. The van der Waals surface area contributed by atoms with Gasteiger partial charge in [-0.15, -0.1) is 16.4 Å². The standard InChI is InChI=1S/C24H21Cl2F3N4O7S2/c1-10(34)37-8-17-20(38-11(2)35)19(33-7-16(31-32-33)22-30-18(9-41-22)24(27,28)29)21(39-12(3)36)23(40-17)42-13-4-5-14(25)15(26)6-13/h4-7,9,17,19-21,23H,8H2,1-3H3. The maximum Gasteiger partial charge on any atom is 0.434 e. The summed E-state index contributed by atoms with van der Waals surface area (Å²) in [6, 6.07) is 3.62. The van der Waals surface area contributed by atoms with E-state index in [1.165, 1.54) is 17.8 Å². The zero-order chi connectivity index (χ0) is 30.8. The number of ether oxygens (including phenoxy) is 4. The quantitative estimate of drug-likeness (QED) is 0.231. The van der Waals surface area contributed by atoms with Gasteiger partial charge in [0.05, 0.1) is 16.2 Å². The Bertz CT molecular complexity index is 1470. The van der Waals surface area contributed by atoms with Crippen LogP contribution in [0.15, 0.2) is 34.7 Å². The molecule has 4 rings (SSSR count). The fourth-order valence-electron chi connectivity index (χ4n) is 4.00. The van der Waals surface area contributed by atoms with E-state index in [4.69, 9.17) is 42.1 Å². The first-order valence-corrected chi connectivity index (χ1v) is 14.4. The van der Waals surface area contributed by atoms with Gasteiger partial charge >= 0.3 is 24.1 Å². The molecule has 0 aliphatic carbocycles. The lowest BCUT2D eigenvalue weighted by Gasteiger charge is -2.44. The number of halogens is 5. The van der Waals surface area contributed by atoms with Crippen LogP contribution in [0.4, 0.5) is 13.2 Å². The molecule has 3 heterocycles. The van der Waals surface area contributed by atoms with Crippen LogP contribution < -0.4 is 0 Å². The Morgan fingerprint density at radius 3 is 2.36 bits per heavy atom. The number of esters is 3. The summed E-state index contributed by atoms with van der Waals surface area (Å²) in [7, 11) is 0. The summed E-state index contributed by atoms with van der Waals surface area (Å²) in [4.78, 5) is 40.3. The number of hydrogen-bond donors (Lipinski definition) is 0. The molecular weight excluding hydrogens is 648 g/mol. The van der Waals surface area contributed by atoms with Gasteiger partial charge in [0, 0.05) is 31.0 Å². The van der Waals surface area contributed by atoms with Crippen molar-refractivity contribution in [2.45, 2.75) is 61.6 Å². The molecule has 0 N–H and O–H groups in total. The topological polar surface area (TPSA) is 132 Å². The number of nitrogens with zero attached hydrogens (tertiary/aromatic N) is 4. The second kappa shape index (κ2) is 13.2. The lowest BCUT2D eigenvalue weighted by molar-refractivity contribution is -0.212. The number of rotatable bonds is 8. The molecule has 18 heteroatoms. The van der Waals surface area contributed by atoms with Gasteiger partial charge in [0.1, 0.15) is 34.9 Å². The predicted molar refractivity (Wildman–Crippen MR) is 144 cm³/mol. The van der Waals surface area contributed by atoms with Crippen molar-refractivity contribution in [2.75, 3.05) is 6.61 Å². The Balaban J connectivity index is 1.79. The highest BCUT2D eigenvalue weighted by Gasteiger charge is 2.52. The zero-order valence-electron chi connectivity index (χ0n) is 21.8. The Morgan fingerprint density at radius 1 is 1.07 bits per heavy atom. The molecule has 226 valence electrons. The third kappa shape index (κ3) is 7.72. The Hall–Kier alpha value is -2.92. The van der Waals surface area contributed by atoms with E-state index in [1.54, 1.807) is 18.2 Å². The number of hydrogen-bond acceptors (Lipinski definition) is 12. The molecular formula is C24H21Cl2F3N4O7S2. The van der Waals surface area contributed by atoms with Gasteiger partial charge in [-0.25, -0.2) is 9.67 Å². The third-order valence-electron chi connectivity index (χ3n) is 5.64. The fraction of sp³-hybridized carbons (Fsp3) is 0.417.